The average Bonchev–Trinajstić information content (AvgIpc) is 2.70. The van der Waals surface area contributed by atoms with Crippen LogP contribution in [-0.2, 0) is 13.1 Å². The molecule has 96 valence electrons. The van der Waals surface area contributed by atoms with Crippen LogP contribution >= 0.6 is 0 Å². The molecule has 0 aliphatic carbocycles. The molecule has 0 bridgehead atoms. The van der Waals surface area contributed by atoms with Crippen LogP contribution in [0.5, 0.6) is 0 Å². The molecule has 2 rings (SSSR count). The van der Waals surface area contributed by atoms with E-state index in [2.05, 4.69) is 5.43 Å². The van der Waals surface area contributed by atoms with Crippen molar-refractivity contribution in [1.29, 1.82) is 0 Å². The monoisotopic (exact) mass is 249 g/mol. The first-order chi connectivity index (χ1) is 8.47. The number of amides is 2. The fraction of sp³-hybridized carbons (Fsp3) is 0.333. The van der Waals surface area contributed by atoms with Crippen molar-refractivity contribution in [3.8, 4) is 0 Å². The smallest absolute Gasteiger partial charge is 0.335 e. The van der Waals surface area contributed by atoms with Crippen LogP contribution in [0.4, 0.5) is 4.79 Å². The lowest BCUT2D eigenvalue weighted by atomic mass is 10.1. The molecular formula is C12H15N3O3. The summed E-state index contributed by atoms with van der Waals surface area (Å²) >= 11 is 0. The highest BCUT2D eigenvalue weighted by atomic mass is 16.4. The number of nitrogens with one attached hydrogen (secondary N) is 1. The van der Waals surface area contributed by atoms with Crippen LogP contribution < -0.4 is 5.43 Å². The van der Waals surface area contributed by atoms with Crippen LogP contribution in [0.3, 0.4) is 0 Å². The number of urea groups is 1. The molecule has 6 heteroatoms. The quantitative estimate of drug-likeness (QED) is 0.763. The summed E-state index contributed by atoms with van der Waals surface area (Å²) in [6.45, 7) is 0.949. The first kappa shape index (κ1) is 12.4. The number of nitrogens with zero attached hydrogens (tertiary/aromatic N) is 2. The van der Waals surface area contributed by atoms with Crippen molar-refractivity contribution >= 4 is 12.0 Å². The first-order valence-corrected chi connectivity index (χ1v) is 5.55. The van der Waals surface area contributed by atoms with E-state index < -0.39 is 5.97 Å². The maximum absolute atomic E-state index is 11.8. The summed E-state index contributed by atoms with van der Waals surface area (Å²) in [5.41, 5.74) is 4.80. The van der Waals surface area contributed by atoms with Gasteiger partial charge in [0.05, 0.1) is 5.56 Å². The molecule has 1 aliphatic rings. The number of hydrazine groups is 1. The largest absolute Gasteiger partial charge is 0.478 e. The second-order valence-electron chi connectivity index (χ2n) is 4.46. The number of carbonyl (C=O) groups is 2. The lowest BCUT2D eigenvalue weighted by molar-refractivity contribution is 0.0696. The van der Waals surface area contributed by atoms with Crippen molar-refractivity contribution in [2.24, 2.45) is 0 Å². The van der Waals surface area contributed by atoms with Gasteiger partial charge >= 0.3 is 12.0 Å². The fourth-order valence-electron chi connectivity index (χ4n) is 1.93. The van der Waals surface area contributed by atoms with Crippen molar-refractivity contribution in [3.05, 3.63) is 34.9 Å². The van der Waals surface area contributed by atoms with Crippen molar-refractivity contribution in [2.45, 2.75) is 13.1 Å². The van der Waals surface area contributed by atoms with Crippen LogP contribution in [0.1, 0.15) is 21.5 Å². The number of carboxylic acids is 1. The zero-order chi connectivity index (χ0) is 13.3. The molecule has 2 N–H and O–H groups in total. The molecule has 2 amide bonds. The maximum Gasteiger partial charge on any atom is 0.335 e. The Kier molecular flexibility index (Phi) is 3.20. The van der Waals surface area contributed by atoms with E-state index in [-0.39, 0.29) is 11.6 Å². The van der Waals surface area contributed by atoms with Gasteiger partial charge in [-0.2, -0.15) is 0 Å². The number of carboxylic acid groups (broad SMARTS) is 1. The van der Waals surface area contributed by atoms with Crippen LogP contribution in [0.15, 0.2) is 18.2 Å². The SMILES string of the molecule is CN(C)NC(=O)N1Cc2ccc(C(=O)O)cc2C1. The van der Waals surface area contributed by atoms with Crippen molar-refractivity contribution < 1.29 is 14.7 Å². The molecule has 0 saturated carbocycles. The third-order valence-electron chi connectivity index (χ3n) is 2.78. The summed E-state index contributed by atoms with van der Waals surface area (Å²) < 4.78 is 0. The van der Waals surface area contributed by atoms with Gasteiger partial charge in [-0.05, 0) is 23.3 Å². The van der Waals surface area contributed by atoms with E-state index in [1.165, 1.54) is 0 Å². The highest BCUT2D eigenvalue weighted by Gasteiger charge is 2.24. The van der Waals surface area contributed by atoms with Crippen molar-refractivity contribution in [3.63, 3.8) is 0 Å². The zero-order valence-corrected chi connectivity index (χ0v) is 10.3. The van der Waals surface area contributed by atoms with E-state index in [1.807, 2.05) is 0 Å². The predicted molar refractivity (Wildman–Crippen MR) is 64.9 cm³/mol. The number of fused-ring (bicyclic) bond motifs is 1. The molecule has 1 aromatic carbocycles. The molecule has 1 aliphatic heterocycles. The Morgan fingerprint density at radius 3 is 2.56 bits per heavy atom. The van der Waals surface area contributed by atoms with Gasteiger partial charge in [0.2, 0.25) is 0 Å². The van der Waals surface area contributed by atoms with Crippen LogP contribution in [-0.4, -0.2) is 41.1 Å². The summed E-state index contributed by atoms with van der Waals surface area (Å²) in [5.74, 6) is -0.950. The molecule has 0 unspecified atom stereocenters. The van der Waals surface area contributed by atoms with E-state index >= 15 is 0 Å². The van der Waals surface area contributed by atoms with Gasteiger partial charge in [-0.15, -0.1) is 0 Å². The highest BCUT2D eigenvalue weighted by molar-refractivity contribution is 5.88. The van der Waals surface area contributed by atoms with Crippen LogP contribution in [0.25, 0.3) is 0 Å². The van der Waals surface area contributed by atoms with E-state index in [0.717, 1.165) is 11.1 Å². The third-order valence-corrected chi connectivity index (χ3v) is 2.78. The minimum absolute atomic E-state index is 0.187. The molecule has 18 heavy (non-hydrogen) atoms. The molecule has 6 nitrogen and oxygen atoms in total. The Bertz CT molecular complexity index is 499. The minimum atomic E-state index is -0.950. The minimum Gasteiger partial charge on any atom is -0.478 e. The summed E-state index contributed by atoms with van der Waals surface area (Å²) in [4.78, 5) is 24.3. The van der Waals surface area contributed by atoms with Gasteiger partial charge < -0.3 is 10.0 Å². The summed E-state index contributed by atoms with van der Waals surface area (Å²) in [6, 6.07) is 4.77. The van der Waals surface area contributed by atoms with Gasteiger partial charge in [0.15, 0.2) is 0 Å². The molecule has 0 fully saturated rings. The standard InChI is InChI=1S/C12H15N3O3/c1-14(2)13-12(18)15-6-9-4-3-8(11(16)17)5-10(9)7-15/h3-5H,6-7H2,1-2H3,(H,13,18)(H,16,17). The summed E-state index contributed by atoms with van der Waals surface area (Å²) in [5, 5.41) is 10.5. The topological polar surface area (TPSA) is 72.9 Å². The highest BCUT2D eigenvalue weighted by Crippen LogP contribution is 2.23. The Morgan fingerprint density at radius 2 is 1.94 bits per heavy atom. The van der Waals surface area contributed by atoms with Gasteiger partial charge in [0.25, 0.3) is 0 Å². The third kappa shape index (κ3) is 2.43. The Hall–Kier alpha value is -2.08. The molecular weight excluding hydrogens is 234 g/mol. The molecule has 1 heterocycles. The summed E-state index contributed by atoms with van der Waals surface area (Å²) in [7, 11) is 3.48. The zero-order valence-electron chi connectivity index (χ0n) is 10.3. The Balaban J connectivity index is 2.13. The van der Waals surface area contributed by atoms with Crippen molar-refractivity contribution in [2.75, 3.05) is 14.1 Å². The molecule has 1 aromatic rings. The lowest BCUT2D eigenvalue weighted by Gasteiger charge is -2.19. The molecule has 0 aromatic heterocycles. The van der Waals surface area contributed by atoms with Gasteiger partial charge in [-0.25, -0.2) is 14.6 Å². The van der Waals surface area contributed by atoms with Crippen molar-refractivity contribution in [1.82, 2.24) is 15.3 Å². The van der Waals surface area contributed by atoms with Crippen LogP contribution in [0.2, 0.25) is 0 Å². The fourth-order valence-corrected chi connectivity index (χ4v) is 1.93. The summed E-state index contributed by atoms with van der Waals surface area (Å²) in [6.07, 6.45) is 0. The number of carbonyl (C=O) groups excluding carboxylic acids is 1. The van der Waals surface area contributed by atoms with E-state index in [0.29, 0.717) is 13.1 Å². The molecule has 0 radical (unpaired) electrons. The average molecular weight is 249 g/mol. The number of hydrogen-bond acceptors (Lipinski definition) is 3. The predicted octanol–water partition coefficient (Wildman–Crippen LogP) is 0.887. The Labute approximate surface area is 105 Å². The van der Waals surface area contributed by atoms with E-state index in [4.69, 9.17) is 5.11 Å². The van der Waals surface area contributed by atoms with Gasteiger partial charge in [0.1, 0.15) is 0 Å². The van der Waals surface area contributed by atoms with Crippen LogP contribution in [0, 0.1) is 0 Å². The number of hydrogen-bond donors (Lipinski definition) is 2. The second-order valence-corrected chi connectivity index (χ2v) is 4.46. The van der Waals surface area contributed by atoms with Gasteiger partial charge in [-0.3, -0.25) is 5.43 Å². The first-order valence-electron chi connectivity index (χ1n) is 5.55. The van der Waals surface area contributed by atoms with Gasteiger partial charge in [0, 0.05) is 27.2 Å². The van der Waals surface area contributed by atoms with E-state index in [1.54, 1.807) is 42.2 Å². The Morgan fingerprint density at radius 1 is 1.28 bits per heavy atom. The second kappa shape index (κ2) is 4.66. The lowest BCUT2D eigenvalue weighted by Crippen LogP contribution is -2.43. The van der Waals surface area contributed by atoms with E-state index in [9.17, 15) is 9.59 Å². The number of benzene rings is 1. The van der Waals surface area contributed by atoms with Gasteiger partial charge in [-0.1, -0.05) is 6.07 Å². The molecule has 0 atom stereocenters. The normalized spacial score (nSPS) is 13.6. The molecule has 0 saturated heterocycles. The maximum atomic E-state index is 11.8. The number of aromatic carboxylic acids is 1. The number of rotatable bonds is 2. The molecule has 0 spiro atoms.